The summed E-state index contributed by atoms with van der Waals surface area (Å²) < 4.78 is 1.73. The van der Waals surface area contributed by atoms with Crippen LogP contribution in [0.1, 0.15) is 41.7 Å². The molecule has 0 aliphatic heterocycles. The summed E-state index contributed by atoms with van der Waals surface area (Å²) in [7, 11) is 1.85. The molecule has 0 saturated heterocycles. The van der Waals surface area contributed by atoms with Crippen molar-refractivity contribution in [3.63, 3.8) is 0 Å². The Morgan fingerprint density at radius 2 is 2.12 bits per heavy atom. The number of aliphatic hydroxyl groups excluding tert-OH is 1. The van der Waals surface area contributed by atoms with Crippen LogP contribution in [0.4, 0.5) is 0 Å². The topological polar surface area (TPSA) is 80.0 Å². The minimum Gasteiger partial charge on any atom is -0.393 e. The molecule has 0 atom stereocenters. The lowest BCUT2D eigenvalue weighted by molar-refractivity contribution is 0.0869. The quantitative estimate of drug-likeness (QED) is 0.743. The zero-order valence-corrected chi connectivity index (χ0v) is 15.7. The molecule has 6 nitrogen and oxygen atoms in total. The predicted octanol–water partition coefficient (Wildman–Crippen LogP) is 3.04. The van der Waals surface area contributed by atoms with Gasteiger partial charge in [-0.05, 0) is 50.1 Å². The van der Waals surface area contributed by atoms with E-state index < -0.39 is 0 Å². The number of thiophene rings is 1. The SMILES string of the molecule is Cc1nn(C)c2nc(-c3cccs3)cc(C(=O)NC3CCC(O)CC3)c12. The highest BCUT2D eigenvalue weighted by atomic mass is 32.1. The monoisotopic (exact) mass is 370 g/mol. The molecule has 26 heavy (non-hydrogen) atoms. The Kier molecular flexibility index (Phi) is 4.50. The standard InChI is InChI=1S/C19H22N4O2S/c1-11-17-14(19(25)20-12-5-7-13(24)8-6-12)10-15(16-4-3-9-26-16)21-18(17)23(2)22-11/h3-4,9-10,12-13,24H,5-8H2,1-2H3,(H,20,25). The van der Waals surface area contributed by atoms with E-state index in [9.17, 15) is 9.90 Å². The number of aromatic nitrogens is 3. The van der Waals surface area contributed by atoms with Crippen molar-refractivity contribution in [2.75, 3.05) is 0 Å². The first kappa shape index (κ1) is 17.2. The number of nitrogens with zero attached hydrogens (tertiary/aromatic N) is 3. The van der Waals surface area contributed by atoms with E-state index in [4.69, 9.17) is 4.98 Å². The summed E-state index contributed by atoms with van der Waals surface area (Å²) in [5.74, 6) is -0.0901. The molecule has 1 aliphatic carbocycles. The third-order valence-corrected chi connectivity index (χ3v) is 5.91. The molecule has 7 heteroatoms. The molecule has 0 bridgehead atoms. The molecule has 136 valence electrons. The summed E-state index contributed by atoms with van der Waals surface area (Å²) in [5, 5.41) is 20.1. The van der Waals surface area contributed by atoms with Gasteiger partial charge >= 0.3 is 0 Å². The molecule has 3 aromatic heterocycles. The number of carbonyl (C=O) groups is 1. The fourth-order valence-electron chi connectivity index (χ4n) is 3.66. The summed E-state index contributed by atoms with van der Waals surface area (Å²) in [4.78, 5) is 18.8. The number of pyridine rings is 1. The first-order valence-electron chi connectivity index (χ1n) is 8.90. The second-order valence-electron chi connectivity index (χ2n) is 6.92. The van der Waals surface area contributed by atoms with E-state index in [1.165, 1.54) is 0 Å². The van der Waals surface area contributed by atoms with Crippen molar-refractivity contribution in [3.05, 3.63) is 34.8 Å². The highest BCUT2D eigenvalue weighted by Gasteiger charge is 2.24. The fourth-order valence-corrected chi connectivity index (χ4v) is 4.34. The number of carbonyl (C=O) groups excluding carboxylic acids is 1. The van der Waals surface area contributed by atoms with Gasteiger partial charge in [-0.15, -0.1) is 11.3 Å². The summed E-state index contributed by atoms with van der Waals surface area (Å²) in [6.45, 7) is 1.91. The largest absolute Gasteiger partial charge is 0.393 e. The van der Waals surface area contributed by atoms with Crippen molar-refractivity contribution in [2.45, 2.75) is 44.8 Å². The highest BCUT2D eigenvalue weighted by molar-refractivity contribution is 7.13. The van der Waals surface area contributed by atoms with Gasteiger partial charge in [0, 0.05) is 13.1 Å². The average Bonchev–Trinajstić information content (AvgIpc) is 3.25. The van der Waals surface area contributed by atoms with E-state index in [2.05, 4.69) is 10.4 Å². The van der Waals surface area contributed by atoms with E-state index in [0.29, 0.717) is 5.56 Å². The van der Waals surface area contributed by atoms with Crippen LogP contribution < -0.4 is 5.32 Å². The first-order chi connectivity index (χ1) is 12.5. The van der Waals surface area contributed by atoms with E-state index in [1.54, 1.807) is 16.0 Å². The summed E-state index contributed by atoms with van der Waals surface area (Å²) in [5.41, 5.74) is 2.93. The van der Waals surface area contributed by atoms with Crippen LogP contribution in [0.5, 0.6) is 0 Å². The van der Waals surface area contributed by atoms with Crippen LogP contribution in [-0.2, 0) is 7.05 Å². The Labute approximate surface area is 155 Å². The van der Waals surface area contributed by atoms with Gasteiger partial charge in [-0.1, -0.05) is 6.07 Å². The first-order valence-corrected chi connectivity index (χ1v) is 9.78. The molecule has 4 rings (SSSR count). The molecule has 2 N–H and O–H groups in total. The van der Waals surface area contributed by atoms with Gasteiger partial charge in [-0.3, -0.25) is 9.48 Å². The Hall–Kier alpha value is -2.25. The third-order valence-electron chi connectivity index (χ3n) is 5.02. The van der Waals surface area contributed by atoms with E-state index in [0.717, 1.165) is 53.0 Å². The zero-order chi connectivity index (χ0) is 18.3. The van der Waals surface area contributed by atoms with Crippen LogP contribution in [0.2, 0.25) is 0 Å². The van der Waals surface area contributed by atoms with Crippen LogP contribution in [0.25, 0.3) is 21.6 Å². The number of hydrogen-bond acceptors (Lipinski definition) is 5. The van der Waals surface area contributed by atoms with Gasteiger partial charge in [0.1, 0.15) is 0 Å². The Balaban J connectivity index is 1.74. The molecular weight excluding hydrogens is 348 g/mol. The molecule has 1 amide bonds. The lowest BCUT2D eigenvalue weighted by Crippen LogP contribution is -2.38. The molecule has 3 heterocycles. The number of hydrogen-bond donors (Lipinski definition) is 2. The maximum absolute atomic E-state index is 13.1. The lowest BCUT2D eigenvalue weighted by atomic mass is 9.93. The Morgan fingerprint density at radius 1 is 1.35 bits per heavy atom. The molecule has 1 fully saturated rings. The van der Waals surface area contributed by atoms with Gasteiger partial charge in [-0.2, -0.15) is 5.10 Å². The van der Waals surface area contributed by atoms with Gasteiger partial charge in [-0.25, -0.2) is 4.98 Å². The van der Waals surface area contributed by atoms with E-state index >= 15 is 0 Å². The van der Waals surface area contributed by atoms with Gasteiger partial charge < -0.3 is 10.4 Å². The average molecular weight is 370 g/mol. The summed E-state index contributed by atoms with van der Waals surface area (Å²) >= 11 is 1.60. The van der Waals surface area contributed by atoms with Crippen molar-refractivity contribution < 1.29 is 9.90 Å². The highest BCUT2D eigenvalue weighted by Crippen LogP contribution is 2.29. The molecule has 0 radical (unpaired) electrons. The summed E-state index contributed by atoms with van der Waals surface area (Å²) in [6.07, 6.45) is 2.86. The fraction of sp³-hybridized carbons (Fsp3) is 0.421. The molecule has 1 aliphatic rings. The Morgan fingerprint density at radius 3 is 2.81 bits per heavy atom. The number of aryl methyl sites for hydroxylation is 2. The number of nitrogens with one attached hydrogen (secondary N) is 1. The van der Waals surface area contributed by atoms with Gasteiger partial charge in [0.2, 0.25) is 0 Å². The lowest BCUT2D eigenvalue weighted by Gasteiger charge is -2.26. The number of aliphatic hydroxyl groups is 1. The smallest absolute Gasteiger partial charge is 0.252 e. The maximum Gasteiger partial charge on any atom is 0.252 e. The van der Waals surface area contributed by atoms with Crippen molar-refractivity contribution in [3.8, 4) is 10.6 Å². The zero-order valence-electron chi connectivity index (χ0n) is 14.9. The molecular formula is C19H22N4O2S. The van der Waals surface area contributed by atoms with Gasteiger partial charge in [0.25, 0.3) is 5.91 Å². The van der Waals surface area contributed by atoms with Crippen LogP contribution in [-0.4, -0.2) is 37.9 Å². The second-order valence-corrected chi connectivity index (χ2v) is 7.87. The molecule has 0 aromatic carbocycles. The number of fused-ring (bicyclic) bond motifs is 1. The van der Waals surface area contributed by atoms with Crippen molar-refractivity contribution in [2.24, 2.45) is 7.05 Å². The van der Waals surface area contributed by atoms with Crippen LogP contribution >= 0.6 is 11.3 Å². The van der Waals surface area contributed by atoms with Crippen molar-refractivity contribution in [1.82, 2.24) is 20.1 Å². The van der Waals surface area contributed by atoms with Crippen molar-refractivity contribution >= 4 is 28.3 Å². The molecule has 0 spiro atoms. The maximum atomic E-state index is 13.1. The number of rotatable bonds is 3. The van der Waals surface area contributed by atoms with E-state index in [1.807, 2.05) is 37.6 Å². The van der Waals surface area contributed by atoms with E-state index in [-0.39, 0.29) is 18.1 Å². The van der Waals surface area contributed by atoms with Crippen LogP contribution in [0.15, 0.2) is 23.6 Å². The summed E-state index contributed by atoms with van der Waals surface area (Å²) in [6, 6.07) is 5.96. The van der Waals surface area contributed by atoms with Crippen LogP contribution in [0, 0.1) is 6.92 Å². The van der Waals surface area contributed by atoms with Gasteiger partial charge in [0.15, 0.2) is 5.65 Å². The minimum atomic E-state index is -0.234. The predicted molar refractivity (Wildman–Crippen MR) is 102 cm³/mol. The molecule has 0 unspecified atom stereocenters. The van der Waals surface area contributed by atoms with Crippen LogP contribution in [0.3, 0.4) is 0 Å². The molecule has 3 aromatic rings. The van der Waals surface area contributed by atoms with Gasteiger partial charge in [0.05, 0.1) is 33.3 Å². The van der Waals surface area contributed by atoms with Crippen molar-refractivity contribution in [1.29, 1.82) is 0 Å². The number of amides is 1. The minimum absolute atomic E-state index is 0.0901. The third kappa shape index (κ3) is 3.12. The normalized spacial score (nSPS) is 20.4. The molecule has 1 saturated carbocycles. The second kappa shape index (κ2) is 6.81. The Bertz CT molecular complexity index is 940.